The van der Waals surface area contributed by atoms with Crippen LogP contribution in [0.25, 0.3) is 0 Å². The third kappa shape index (κ3) is 3.35. The molecule has 102 valence electrons. The molecular formula is C14H24NO2P. The normalized spacial score (nSPS) is 14.8. The van der Waals surface area contributed by atoms with Crippen molar-refractivity contribution in [2.75, 3.05) is 20.4 Å². The summed E-state index contributed by atoms with van der Waals surface area (Å²) < 4.78 is 10.8. The molecule has 0 N–H and O–H groups in total. The number of aryl methyl sites for hydroxylation is 1. The minimum absolute atomic E-state index is 0.453. The molecule has 4 heteroatoms. The predicted molar refractivity (Wildman–Crippen MR) is 78.8 cm³/mol. The molecule has 3 nitrogen and oxygen atoms in total. The third-order valence-electron chi connectivity index (χ3n) is 3.26. The lowest BCUT2D eigenvalue weighted by Crippen LogP contribution is -2.10. The number of methoxy groups -OCH3 is 2. The fourth-order valence-corrected chi connectivity index (χ4v) is 3.28. The highest BCUT2D eigenvalue weighted by Gasteiger charge is 2.21. The molecule has 1 aromatic rings. The molecule has 0 radical (unpaired) electrons. The van der Waals surface area contributed by atoms with Gasteiger partial charge in [0.05, 0.1) is 14.2 Å². The van der Waals surface area contributed by atoms with E-state index in [-0.39, 0.29) is 0 Å². The number of nitrogens with zero attached hydrogens (tertiary/aromatic N) is 1. The summed E-state index contributed by atoms with van der Waals surface area (Å²) in [4.78, 5) is 4.37. The summed E-state index contributed by atoms with van der Waals surface area (Å²) in [5.41, 5.74) is 2.83. The zero-order valence-corrected chi connectivity index (χ0v) is 13.2. The van der Waals surface area contributed by atoms with E-state index in [1.807, 2.05) is 6.92 Å². The highest BCUT2D eigenvalue weighted by molar-refractivity contribution is 7.38. The van der Waals surface area contributed by atoms with Gasteiger partial charge < -0.3 is 9.47 Å². The van der Waals surface area contributed by atoms with Crippen LogP contribution in [-0.2, 0) is 0 Å². The Morgan fingerprint density at radius 3 is 2.44 bits per heavy atom. The highest BCUT2D eigenvalue weighted by atomic mass is 31.1. The second-order valence-electron chi connectivity index (χ2n) is 4.53. The van der Waals surface area contributed by atoms with Crippen LogP contribution in [0.3, 0.4) is 0 Å². The van der Waals surface area contributed by atoms with Gasteiger partial charge in [-0.05, 0) is 30.7 Å². The van der Waals surface area contributed by atoms with Gasteiger partial charge in [0, 0.05) is 11.3 Å². The van der Waals surface area contributed by atoms with Crippen LogP contribution in [0.4, 0.5) is 0 Å². The van der Waals surface area contributed by atoms with Crippen molar-refractivity contribution in [3.8, 4) is 11.6 Å². The smallest absolute Gasteiger partial charge is 0.257 e. The number of ether oxygens (including phenoxy) is 2. The lowest BCUT2D eigenvalue weighted by Gasteiger charge is -2.23. The molecule has 0 aliphatic heterocycles. The van der Waals surface area contributed by atoms with Crippen LogP contribution in [-0.4, -0.2) is 31.0 Å². The molecular weight excluding hydrogens is 245 g/mol. The summed E-state index contributed by atoms with van der Waals surface area (Å²) in [5, 5.41) is 0. The zero-order chi connectivity index (χ0) is 13.7. The summed E-state index contributed by atoms with van der Waals surface area (Å²) >= 11 is 0. The van der Waals surface area contributed by atoms with E-state index in [0.29, 0.717) is 17.5 Å². The fraction of sp³-hybridized carbons (Fsp3) is 0.643. The minimum atomic E-state index is 0.453. The maximum Gasteiger partial charge on any atom is 0.257 e. The van der Waals surface area contributed by atoms with E-state index >= 15 is 0 Å². The van der Waals surface area contributed by atoms with Crippen LogP contribution in [0.15, 0.2) is 6.07 Å². The predicted octanol–water partition coefficient (Wildman–Crippen LogP) is 3.60. The molecule has 0 aromatic carbocycles. The molecule has 0 spiro atoms. The molecule has 0 saturated heterocycles. The topological polar surface area (TPSA) is 31.4 Å². The molecule has 0 saturated carbocycles. The van der Waals surface area contributed by atoms with Crippen molar-refractivity contribution in [1.29, 1.82) is 0 Å². The van der Waals surface area contributed by atoms with Crippen LogP contribution >= 0.6 is 8.58 Å². The van der Waals surface area contributed by atoms with Gasteiger partial charge in [0.15, 0.2) is 5.75 Å². The Balaban J connectivity index is 3.17. The molecule has 0 aliphatic rings. The van der Waals surface area contributed by atoms with Gasteiger partial charge in [-0.2, -0.15) is 0 Å². The average Bonchev–Trinajstić information content (AvgIpc) is 2.36. The van der Waals surface area contributed by atoms with E-state index in [2.05, 4.69) is 31.8 Å². The van der Waals surface area contributed by atoms with Crippen molar-refractivity contribution in [3.63, 3.8) is 0 Å². The maximum atomic E-state index is 5.49. The Labute approximate surface area is 112 Å². The Morgan fingerprint density at radius 2 is 1.94 bits per heavy atom. The molecule has 18 heavy (non-hydrogen) atoms. The Kier molecular flexibility index (Phi) is 5.87. The third-order valence-corrected chi connectivity index (χ3v) is 4.82. The Hall–Kier alpha value is -0.820. The van der Waals surface area contributed by atoms with Crippen LogP contribution in [0.1, 0.15) is 37.9 Å². The van der Waals surface area contributed by atoms with Gasteiger partial charge in [0.1, 0.15) is 0 Å². The first-order chi connectivity index (χ1) is 8.54. The second kappa shape index (κ2) is 6.94. The molecule has 0 amide bonds. The largest absolute Gasteiger partial charge is 0.491 e. The van der Waals surface area contributed by atoms with E-state index in [9.17, 15) is 0 Å². The summed E-state index contributed by atoms with van der Waals surface area (Å²) in [6, 6.07) is 2.11. The monoisotopic (exact) mass is 269 g/mol. The van der Waals surface area contributed by atoms with Crippen LogP contribution < -0.4 is 9.47 Å². The summed E-state index contributed by atoms with van der Waals surface area (Å²) in [6.07, 6.45) is 1.23. The second-order valence-corrected chi connectivity index (χ2v) is 6.56. The van der Waals surface area contributed by atoms with Gasteiger partial charge in [0.25, 0.3) is 5.88 Å². The molecule has 0 bridgehead atoms. The number of pyridine rings is 1. The summed E-state index contributed by atoms with van der Waals surface area (Å²) in [5.74, 6) is 1.82. The quantitative estimate of drug-likeness (QED) is 0.739. The number of aromatic nitrogens is 1. The van der Waals surface area contributed by atoms with Gasteiger partial charge in [-0.15, -0.1) is 8.58 Å². The molecule has 1 aromatic heterocycles. The van der Waals surface area contributed by atoms with E-state index in [1.165, 1.54) is 11.7 Å². The molecule has 0 fully saturated rings. The number of rotatable bonds is 6. The van der Waals surface area contributed by atoms with Crippen molar-refractivity contribution >= 4 is 8.58 Å². The lowest BCUT2D eigenvalue weighted by molar-refractivity contribution is 0.337. The SMILES string of the molecule is CCPC(C)C(C)c1cc(C)nc(OC)c1OC. The molecule has 0 aliphatic carbocycles. The van der Waals surface area contributed by atoms with E-state index in [1.54, 1.807) is 14.2 Å². The minimum Gasteiger partial charge on any atom is -0.491 e. The van der Waals surface area contributed by atoms with Gasteiger partial charge in [-0.25, -0.2) is 4.98 Å². The van der Waals surface area contributed by atoms with Crippen LogP contribution in [0.5, 0.6) is 11.6 Å². The average molecular weight is 269 g/mol. The fourth-order valence-electron chi connectivity index (χ4n) is 2.11. The Bertz CT molecular complexity index is 396. The van der Waals surface area contributed by atoms with Crippen molar-refractivity contribution in [2.24, 2.45) is 0 Å². The van der Waals surface area contributed by atoms with Crippen molar-refractivity contribution < 1.29 is 9.47 Å². The van der Waals surface area contributed by atoms with E-state index in [0.717, 1.165) is 20.0 Å². The van der Waals surface area contributed by atoms with Crippen LogP contribution in [0, 0.1) is 6.92 Å². The van der Waals surface area contributed by atoms with Gasteiger partial charge in [0.2, 0.25) is 0 Å². The van der Waals surface area contributed by atoms with E-state index in [4.69, 9.17) is 9.47 Å². The first-order valence-corrected chi connectivity index (χ1v) is 7.66. The van der Waals surface area contributed by atoms with E-state index < -0.39 is 0 Å². The highest BCUT2D eigenvalue weighted by Crippen LogP contribution is 2.40. The molecule has 1 rings (SSSR count). The van der Waals surface area contributed by atoms with Crippen LogP contribution in [0.2, 0.25) is 0 Å². The number of hydrogen-bond donors (Lipinski definition) is 0. The van der Waals surface area contributed by atoms with Gasteiger partial charge >= 0.3 is 0 Å². The standard InChI is InChI=1S/C14H24NO2P/c1-7-18-11(4)10(3)12-8-9(2)15-14(17-6)13(12)16-5/h8,10-11,18H,7H2,1-6H3. The molecule has 1 heterocycles. The van der Waals surface area contributed by atoms with Crippen molar-refractivity contribution in [2.45, 2.75) is 39.3 Å². The molecule has 3 unspecified atom stereocenters. The zero-order valence-electron chi connectivity index (χ0n) is 12.2. The number of hydrogen-bond acceptors (Lipinski definition) is 3. The first-order valence-electron chi connectivity index (χ1n) is 6.38. The van der Waals surface area contributed by atoms with Crippen molar-refractivity contribution in [1.82, 2.24) is 4.98 Å². The summed E-state index contributed by atoms with van der Waals surface area (Å²) in [7, 11) is 4.28. The lowest BCUT2D eigenvalue weighted by atomic mass is 9.97. The summed E-state index contributed by atoms with van der Waals surface area (Å²) in [6.45, 7) is 8.78. The molecule has 3 atom stereocenters. The van der Waals surface area contributed by atoms with Gasteiger partial charge in [-0.3, -0.25) is 0 Å². The maximum absolute atomic E-state index is 5.49. The first kappa shape index (κ1) is 15.2. The Morgan fingerprint density at radius 1 is 1.28 bits per heavy atom. The van der Waals surface area contributed by atoms with Crippen molar-refractivity contribution in [3.05, 3.63) is 17.3 Å². The van der Waals surface area contributed by atoms with Gasteiger partial charge in [-0.1, -0.05) is 20.8 Å².